The van der Waals surface area contributed by atoms with E-state index in [2.05, 4.69) is 20.2 Å². The minimum Gasteiger partial charge on any atom is -0.339 e. The lowest BCUT2D eigenvalue weighted by Gasteiger charge is -2.20. The van der Waals surface area contributed by atoms with E-state index < -0.39 is 0 Å². The van der Waals surface area contributed by atoms with Crippen LogP contribution in [-0.2, 0) is 0 Å². The van der Waals surface area contributed by atoms with Gasteiger partial charge in [0.1, 0.15) is 0 Å². The highest BCUT2D eigenvalue weighted by molar-refractivity contribution is 6.42. The zero-order valence-electron chi connectivity index (χ0n) is 11.5. The fourth-order valence-corrected chi connectivity index (χ4v) is 2.66. The van der Waals surface area contributed by atoms with Gasteiger partial charge >= 0.3 is 0 Å². The van der Waals surface area contributed by atoms with Gasteiger partial charge < -0.3 is 10.2 Å². The Morgan fingerprint density at radius 2 is 1.95 bits per heavy atom. The third-order valence-electron chi connectivity index (χ3n) is 3.48. The van der Waals surface area contributed by atoms with E-state index >= 15 is 0 Å². The van der Waals surface area contributed by atoms with Crippen molar-refractivity contribution in [2.45, 2.75) is 6.42 Å². The van der Waals surface area contributed by atoms with Crippen molar-refractivity contribution in [3.63, 3.8) is 0 Å². The van der Waals surface area contributed by atoms with Crippen molar-refractivity contribution in [3.05, 3.63) is 40.5 Å². The van der Waals surface area contributed by atoms with Gasteiger partial charge in [0.25, 0.3) is 0 Å². The topological polar surface area (TPSA) is 41.1 Å². The third kappa shape index (κ3) is 3.46. The van der Waals surface area contributed by atoms with Crippen LogP contribution in [0.3, 0.4) is 0 Å². The van der Waals surface area contributed by atoms with Crippen LogP contribution in [0.1, 0.15) is 6.42 Å². The first-order valence-electron chi connectivity index (χ1n) is 6.98. The molecule has 110 valence electrons. The van der Waals surface area contributed by atoms with Crippen molar-refractivity contribution in [2.75, 3.05) is 31.1 Å². The molecule has 0 radical (unpaired) electrons. The average molecular weight is 323 g/mol. The molecule has 0 amide bonds. The van der Waals surface area contributed by atoms with Crippen LogP contribution in [-0.4, -0.2) is 36.1 Å². The fourth-order valence-electron chi connectivity index (χ4n) is 2.36. The largest absolute Gasteiger partial charge is 0.339 e. The number of nitrogens with one attached hydrogen (secondary N) is 1. The number of anilines is 1. The molecule has 1 aromatic heterocycles. The molecule has 1 aromatic carbocycles. The second kappa shape index (κ2) is 6.60. The Bertz CT molecular complexity index is 625. The van der Waals surface area contributed by atoms with Gasteiger partial charge in [-0.25, -0.2) is 9.97 Å². The minimum atomic E-state index is 0.535. The highest BCUT2D eigenvalue weighted by atomic mass is 35.5. The maximum Gasteiger partial charge on any atom is 0.225 e. The molecule has 0 saturated carbocycles. The van der Waals surface area contributed by atoms with Gasteiger partial charge in [-0.2, -0.15) is 0 Å². The molecule has 0 atom stereocenters. The summed E-state index contributed by atoms with van der Waals surface area (Å²) in [6.07, 6.45) is 2.89. The second-order valence-corrected chi connectivity index (χ2v) is 5.78. The number of aromatic nitrogens is 2. The molecular weight excluding hydrogens is 307 g/mol. The van der Waals surface area contributed by atoms with E-state index in [9.17, 15) is 0 Å². The summed E-state index contributed by atoms with van der Waals surface area (Å²) in [6.45, 7) is 3.89. The molecule has 1 aliphatic rings. The standard InChI is InChI=1S/C15H16Cl2N4/c16-12-3-2-11(10-13(12)17)14-4-6-19-15(20-14)21-8-1-5-18-7-9-21/h2-4,6,10,18H,1,5,7-9H2. The van der Waals surface area contributed by atoms with Crippen LogP contribution < -0.4 is 10.2 Å². The number of rotatable bonds is 2. The van der Waals surface area contributed by atoms with Crippen LogP contribution >= 0.6 is 23.2 Å². The van der Waals surface area contributed by atoms with Crippen LogP contribution in [0, 0.1) is 0 Å². The highest BCUT2D eigenvalue weighted by Gasteiger charge is 2.13. The van der Waals surface area contributed by atoms with Gasteiger partial charge in [0, 0.05) is 31.4 Å². The molecule has 1 saturated heterocycles. The Balaban J connectivity index is 1.89. The summed E-state index contributed by atoms with van der Waals surface area (Å²) in [5.74, 6) is 0.766. The van der Waals surface area contributed by atoms with E-state index in [-0.39, 0.29) is 0 Å². The van der Waals surface area contributed by atoms with Gasteiger partial charge in [-0.3, -0.25) is 0 Å². The molecule has 1 aliphatic heterocycles. The molecule has 21 heavy (non-hydrogen) atoms. The van der Waals surface area contributed by atoms with E-state index in [1.807, 2.05) is 18.2 Å². The van der Waals surface area contributed by atoms with Crippen molar-refractivity contribution in [3.8, 4) is 11.3 Å². The summed E-state index contributed by atoms with van der Waals surface area (Å²) < 4.78 is 0. The van der Waals surface area contributed by atoms with E-state index in [1.165, 1.54) is 0 Å². The number of nitrogens with zero attached hydrogens (tertiary/aromatic N) is 3. The normalized spacial score (nSPS) is 15.8. The van der Waals surface area contributed by atoms with Crippen molar-refractivity contribution in [1.82, 2.24) is 15.3 Å². The number of benzene rings is 1. The smallest absolute Gasteiger partial charge is 0.225 e. The lowest BCUT2D eigenvalue weighted by atomic mass is 10.1. The maximum atomic E-state index is 6.08. The van der Waals surface area contributed by atoms with Crippen LogP contribution in [0.4, 0.5) is 5.95 Å². The van der Waals surface area contributed by atoms with E-state index in [1.54, 1.807) is 12.3 Å². The number of halogens is 2. The van der Waals surface area contributed by atoms with Crippen LogP contribution in [0.2, 0.25) is 10.0 Å². The maximum absolute atomic E-state index is 6.08. The predicted octanol–water partition coefficient (Wildman–Crippen LogP) is 3.25. The highest BCUT2D eigenvalue weighted by Crippen LogP contribution is 2.28. The van der Waals surface area contributed by atoms with Crippen LogP contribution in [0.15, 0.2) is 30.5 Å². The van der Waals surface area contributed by atoms with Gasteiger partial charge in [-0.05, 0) is 31.2 Å². The molecule has 2 aromatic rings. The van der Waals surface area contributed by atoms with Gasteiger partial charge in [-0.1, -0.05) is 29.3 Å². The van der Waals surface area contributed by atoms with Crippen LogP contribution in [0.25, 0.3) is 11.3 Å². The number of hydrogen-bond acceptors (Lipinski definition) is 4. The predicted molar refractivity (Wildman–Crippen MR) is 87.2 cm³/mol. The van der Waals surface area contributed by atoms with Crippen molar-refractivity contribution >= 4 is 29.2 Å². The van der Waals surface area contributed by atoms with E-state index in [0.717, 1.165) is 49.8 Å². The van der Waals surface area contributed by atoms with Gasteiger partial charge in [0.15, 0.2) is 0 Å². The monoisotopic (exact) mass is 322 g/mol. The summed E-state index contributed by atoms with van der Waals surface area (Å²) in [6, 6.07) is 7.43. The molecule has 4 nitrogen and oxygen atoms in total. The lowest BCUT2D eigenvalue weighted by Crippen LogP contribution is -2.29. The average Bonchev–Trinajstić information content (AvgIpc) is 2.79. The molecule has 0 aliphatic carbocycles. The zero-order chi connectivity index (χ0) is 14.7. The Labute approximate surface area is 134 Å². The summed E-state index contributed by atoms with van der Waals surface area (Å²) in [5.41, 5.74) is 1.80. The SMILES string of the molecule is Clc1ccc(-c2ccnc(N3CCCNCC3)n2)cc1Cl. The molecular formula is C15H16Cl2N4. The number of hydrogen-bond donors (Lipinski definition) is 1. The van der Waals surface area contributed by atoms with Crippen molar-refractivity contribution in [1.29, 1.82) is 0 Å². The van der Waals surface area contributed by atoms with E-state index in [4.69, 9.17) is 23.2 Å². The minimum absolute atomic E-state index is 0.535. The van der Waals surface area contributed by atoms with Gasteiger partial charge in [-0.15, -0.1) is 0 Å². The van der Waals surface area contributed by atoms with Crippen molar-refractivity contribution < 1.29 is 0 Å². The Hall–Kier alpha value is -1.36. The first kappa shape index (κ1) is 14.6. The zero-order valence-corrected chi connectivity index (χ0v) is 13.0. The second-order valence-electron chi connectivity index (χ2n) is 4.96. The summed E-state index contributed by atoms with van der Waals surface area (Å²) in [5, 5.41) is 4.46. The summed E-state index contributed by atoms with van der Waals surface area (Å²) in [7, 11) is 0. The molecule has 0 unspecified atom stereocenters. The molecule has 0 spiro atoms. The first-order valence-corrected chi connectivity index (χ1v) is 7.74. The van der Waals surface area contributed by atoms with E-state index in [0.29, 0.717) is 10.0 Å². The molecule has 1 fully saturated rings. The fraction of sp³-hybridized carbons (Fsp3) is 0.333. The van der Waals surface area contributed by atoms with Crippen LogP contribution in [0.5, 0.6) is 0 Å². The molecule has 2 heterocycles. The third-order valence-corrected chi connectivity index (χ3v) is 4.22. The molecule has 0 bridgehead atoms. The molecule has 3 rings (SSSR count). The summed E-state index contributed by atoms with van der Waals surface area (Å²) >= 11 is 12.0. The van der Waals surface area contributed by atoms with Gasteiger partial charge in [0.2, 0.25) is 5.95 Å². The Kier molecular flexibility index (Phi) is 4.58. The first-order chi connectivity index (χ1) is 10.2. The molecule has 1 N–H and O–H groups in total. The molecule has 6 heteroatoms. The summed E-state index contributed by atoms with van der Waals surface area (Å²) in [4.78, 5) is 11.3. The quantitative estimate of drug-likeness (QED) is 0.921. The van der Waals surface area contributed by atoms with Crippen molar-refractivity contribution in [2.24, 2.45) is 0 Å². The lowest BCUT2D eigenvalue weighted by molar-refractivity contribution is 0.724. The Morgan fingerprint density at radius 1 is 1.05 bits per heavy atom. The van der Waals surface area contributed by atoms with Gasteiger partial charge in [0.05, 0.1) is 15.7 Å². The Morgan fingerprint density at radius 3 is 2.81 bits per heavy atom.